The van der Waals surface area contributed by atoms with Crippen molar-refractivity contribution in [2.24, 2.45) is 5.92 Å². The zero-order chi connectivity index (χ0) is 21.3. The number of halogens is 3. The predicted molar refractivity (Wildman–Crippen MR) is 109 cm³/mol. The molecule has 158 valence electrons. The first-order valence-electron chi connectivity index (χ1n) is 9.97. The number of piperidine rings is 1. The Kier molecular flexibility index (Phi) is 5.40. The number of amides is 2. The molecule has 5 nitrogen and oxygen atoms in total. The molecule has 0 aliphatic carbocycles. The topological polar surface area (TPSA) is 50.2 Å². The average Bonchev–Trinajstić information content (AvgIpc) is 3.09. The summed E-state index contributed by atoms with van der Waals surface area (Å²) in [5.41, 5.74) is 2.58. The number of fused-ring (bicyclic) bond motifs is 1. The molecule has 0 spiro atoms. The molecule has 0 radical (unpaired) electrons. The Balaban J connectivity index is 1.43. The number of urea groups is 1. The Labute approximate surface area is 172 Å². The Morgan fingerprint density at radius 1 is 1.10 bits per heavy atom. The maximum Gasteiger partial charge on any atom is 0.449 e. The SMILES string of the molecule is Cc1ccccc1NC(=O)N1CCC(Cn2c(C(F)(F)F)nc3ccccc32)CC1. The van der Waals surface area contributed by atoms with E-state index >= 15 is 0 Å². The maximum atomic E-state index is 13.5. The van der Waals surface area contributed by atoms with E-state index in [2.05, 4.69) is 10.3 Å². The molecular weight excluding hydrogens is 393 g/mol. The van der Waals surface area contributed by atoms with Crippen LogP contribution in [0.5, 0.6) is 0 Å². The second-order valence-corrected chi connectivity index (χ2v) is 7.71. The van der Waals surface area contributed by atoms with Gasteiger partial charge in [-0.2, -0.15) is 13.2 Å². The number of rotatable bonds is 3. The minimum atomic E-state index is -4.51. The molecule has 2 aromatic carbocycles. The van der Waals surface area contributed by atoms with Crippen LogP contribution < -0.4 is 5.32 Å². The van der Waals surface area contributed by atoms with Crippen molar-refractivity contribution in [2.45, 2.75) is 32.5 Å². The third kappa shape index (κ3) is 4.13. The molecule has 0 atom stereocenters. The van der Waals surface area contributed by atoms with E-state index in [9.17, 15) is 18.0 Å². The number of aryl methyl sites for hydroxylation is 1. The fourth-order valence-corrected chi connectivity index (χ4v) is 3.96. The molecule has 1 aromatic heterocycles. The summed E-state index contributed by atoms with van der Waals surface area (Å²) in [5.74, 6) is -0.811. The molecular formula is C22H23F3N4O. The molecule has 0 bridgehead atoms. The van der Waals surface area contributed by atoms with Gasteiger partial charge in [-0.05, 0) is 49.4 Å². The summed E-state index contributed by atoms with van der Waals surface area (Å²) in [4.78, 5) is 18.1. The van der Waals surface area contributed by atoms with Crippen molar-refractivity contribution in [3.63, 3.8) is 0 Å². The number of anilines is 1. The fourth-order valence-electron chi connectivity index (χ4n) is 3.96. The Hall–Kier alpha value is -3.03. The van der Waals surface area contributed by atoms with Crippen molar-refractivity contribution in [3.05, 3.63) is 59.9 Å². The number of alkyl halides is 3. The van der Waals surface area contributed by atoms with Crippen molar-refractivity contribution in [2.75, 3.05) is 18.4 Å². The summed E-state index contributed by atoms with van der Waals surface area (Å²) in [5, 5.41) is 2.92. The Bertz CT molecular complexity index is 1050. The lowest BCUT2D eigenvalue weighted by molar-refractivity contribution is -0.147. The lowest BCUT2D eigenvalue weighted by Gasteiger charge is -2.32. The van der Waals surface area contributed by atoms with Crippen molar-refractivity contribution in [3.8, 4) is 0 Å². The molecule has 1 aliphatic rings. The number of benzene rings is 2. The van der Waals surface area contributed by atoms with E-state index in [4.69, 9.17) is 0 Å². The van der Waals surface area contributed by atoms with Gasteiger partial charge in [-0.25, -0.2) is 9.78 Å². The second-order valence-electron chi connectivity index (χ2n) is 7.71. The highest BCUT2D eigenvalue weighted by atomic mass is 19.4. The van der Waals surface area contributed by atoms with Gasteiger partial charge in [0.05, 0.1) is 11.0 Å². The van der Waals surface area contributed by atoms with Crippen LogP contribution in [-0.4, -0.2) is 33.6 Å². The van der Waals surface area contributed by atoms with Crippen molar-refractivity contribution in [1.82, 2.24) is 14.5 Å². The standard InChI is InChI=1S/C22H23F3N4O/c1-15-6-2-3-7-17(15)27-21(30)28-12-10-16(11-13-28)14-29-19-9-5-4-8-18(19)26-20(29)22(23,24)25/h2-9,16H,10-14H2,1H3,(H,27,30). The zero-order valence-corrected chi connectivity index (χ0v) is 16.6. The van der Waals surface area contributed by atoms with Crippen LogP contribution in [0.3, 0.4) is 0 Å². The molecule has 3 aromatic rings. The predicted octanol–water partition coefficient (Wildman–Crippen LogP) is 5.31. The van der Waals surface area contributed by atoms with Crippen LogP contribution in [0.1, 0.15) is 24.2 Å². The number of carbonyl (C=O) groups is 1. The molecule has 4 rings (SSSR count). The third-order valence-electron chi connectivity index (χ3n) is 5.64. The van der Waals surface area contributed by atoms with E-state index in [0.29, 0.717) is 37.0 Å². The second kappa shape index (κ2) is 8.01. The molecule has 0 unspecified atom stereocenters. The molecule has 8 heteroatoms. The summed E-state index contributed by atoms with van der Waals surface area (Å²) in [6, 6.07) is 14.0. The van der Waals surface area contributed by atoms with E-state index in [1.165, 1.54) is 4.57 Å². The van der Waals surface area contributed by atoms with Crippen molar-refractivity contribution < 1.29 is 18.0 Å². The summed E-state index contributed by atoms with van der Waals surface area (Å²) in [6.45, 7) is 3.19. The zero-order valence-electron chi connectivity index (χ0n) is 16.6. The average molecular weight is 416 g/mol. The molecule has 1 saturated heterocycles. The monoisotopic (exact) mass is 416 g/mol. The quantitative estimate of drug-likeness (QED) is 0.629. The van der Waals surface area contributed by atoms with Gasteiger partial charge in [0.25, 0.3) is 0 Å². The summed E-state index contributed by atoms with van der Waals surface area (Å²) in [7, 11) is 0. The van der Waals surface area contributed by atoms with Crippen molar-refractivity contribution in [1.29, 1.82) is 0 Å². The van der Waals surface area contributed by atoms with Crippen LogP contribution in [0.15, 0.2) is 48.5 Å². The minimum Gasteiger partial charge on any atom is -0.325 e. The van der Waals surface area contributed by atoms with Crippen LogP contribution >= 0.6 is 0 Å². The van der Waals surface area contributed by atoms with Gasteiger partial charge < -0.3 is 14.8 Å². The summed E-state index contributed by atoms with van der Waals surface area (Å²) < 4.78 is 41.8. The number of nitrogens with zero attached hydrogens (tertiary/aromatic N) is 3. The number of carbonyl (C=O) groups excluding carboxylic acids is 1. The normalized spacial score (nSPS) is 15.5. The number of nitrogens with one attached hydrogen (secondary N) is 1. The van der Waals surface area contributed by atoms with E-state index in [1.54, 1.807) is 29.2 Å². The van der Waals surface area contributed by atoms with E-state index in [-0.39, 0.29) is 18.5 Å². The molecule has 0 saturated carbocycles. The number of imidazole rings is 1. The first-order chi connectivity index (χ1) is 14.3. The molecule has 2 heterocycles. The highest BCUT2D eigenvalue weighted by Gasteiger charge is 2.38. The minimum absolute atomic E-state index is 0.0474. The van der Waals surface area contributed by atoms with Crippen LogP contribution in [0.25, 0.3) is 11.0 Å². The lowest BCUT2D eigenvalue weighted by Crippen LogP contribution is -2.42. The van der Waals surface area contributed by atoms with E-state index in [1.807, 2.05) is 31.2 Å². The van der Waals surface area contributed by atoms with Gasteiger partial charge in [0.1, 0.15) is 0 Å². The Morgan fingerprint density at radius 2 is 1.77 bits per heavy atom. The maximum absolute atomic E-state index is 13.5. The number of para-hydroxylation sites is 3. The highest BCUT2D eigenvalue weighted by Crippen LogP contribution is 2.33. The first-order valence-corrected chi connectivity index (χ1v) is 9.97. The van der Waals surface area contributed by atoms with Gasteiger partial charge in [-0.15, -0.1) is 0 Å². The van der Waals surface area contributed by atoms with Gasteiger partial charge in [-0.1, -0.05) is 30.3 Å². The van der Waals surface area contributed by atoms with Crippen molar-refractivity contribution >= 4 is 22.8 Å². The Morgan fingerprint density at radius 3 is 2.47 bits per heavy atom. The molecule has 30 heavy (non-hydrogen) atoms. The van der Waals surface area contributed by atoms with Gasteiger partial charge in [0.15, 0.2) is 0 Å². The van der Waals surface area contributed by atoms with Crippen LogP contribution in [0.4, 0.5) is 23.7 Å². The van der Waals surface area contributed by atoms with Gasteiger partial charge in [-0.3, -0.25) is 0 Å². The molecule has 1 N–H and O–H groups in total. The number of hydrogen-bond donors (Lipinski definition) is 1. The number of likely N-dealkylation sites (tertiary alicyclic amines) is 1. The summed E-state index contributed by atoms with van der Waals surface area (Å²) >= 11 is 0. The molecule has 1 fully saturated rings. The van der Waals surface area contributed by atoms with Gasteiger partial charge in [0, 0.05) is 25.3 Å². The molecule has 2 amide bonds. The lowest BCUT2D eigenvalue weighted by atomic mass is 9.96. The van der Waals surface area contributed by atoms with Crippen LogP contribution in [0, 0.1) is 12.8 Å². The van der Waals surface area contributed by atoms with Crippen LogP contribution in [0.2, 0.25) is 0 Å². The van der Waals surface area contributed by atoms with E-state index in [0.717, 1.165) is 11.3 Å². The highest BCUT2D eigenvalue weighted by molar-refractivity contribution is 5.90. The largest absolute Gasteiger partial charge is 0.449 e. The fraction of sp³-hybridized carbons (Fsp3) is 0.364. The van der Waals surface area contributed by atoms with Crippen LogP contribution in [-0.2, 0) is 12.7 Å². The third-order valence-corrected chi connectivity index (χ3v) is 5.64. The first kappa shape index (κ1) is 20.3. The molecule has 1 aliphatic heterocycles. The number of hydrogen-bond acceptors (Lipinski definition) is 2. The van der Waals surface area contributed by atoms with Gasteiger partial charge >= 0.3 is 12.2 Å². The number of aromatic nitrogens is 2. The van der Waals surface area contributed by atoms with E-state index < -0.39 is 12.0 Å². The van der Waals surface area contributed by atoms with Gasteiger partial charge in [0.2, 0.25) is 5.82 Å². The summed E-state index contributed by atoms with van der Waals surface area (Å²) in [6.07, 6.45) is -3.22. The smallest absolute Gasteiger partial charge is 0.325 e.